The number of rotatable bonds is 2. The summed E-state index contributed by atoms with van der Waals surface area (Å²) >= 11 is 6.23. The van der Waals surface area contributed by atoms with Gasteiger partial charge in [-0.15, -0.1) is 0 Å². The molecule has 2 heterocycles. The Labute approximate surface area is 122 Å². The van der Waals surface area contributed by atoms with Crippen molar-refractivity contribution >= 4 is 11.6 Å². The van der Waals surface area contributed by atoms with E-state index < -0.39 is 0 Å². The van der Waals surface area contributed by atoms with Gasteiger partial charge in [-0.25, -0.2) is 0 Å². The molecule has 1 fully saturated rings. The van der Waals surface area contributed by atoms with Crippen molar-refractivity contribution in [2.24, 2.45) is 0 Å². The molecule has 0 amide bonds. The van der Waals surface area contributed by atoms with Crippen LogP contribution in [0.25, 0.3) is 0 Å². The minimum atomic E-state index is -0.341. The molecule has 1 atom stereocenters. The highest BCUT2D eigenvalue weighted by atomic mass is 35.5. The minimum absolute atomic E-state index is 0.341. The summed E-state index contributed by atoms with van der Waals surface area (Å²) < 4.78 is 16.4. The van der Waals surface area contributed by atoms with Crippen LogP contribution in [0.3, 0.4) is 0 Å². The third-order valence-corrected chi connectivity index (χ3v) is 3.75. The van der Waals surface area contributed by atoms with Crippen molar-refractivity contribution in [1.82, 2.24) is 4.90 Å². The van der Waals surface area contributed by atoms with Crippen molar-refractivity contribution in [2.75, 3.05) is 39.5 Å². The third kappa shape index (κ3) is 2.55. The predicted molar refractivity (Wildman–Crippen MR) is 73.2 cm³/mol. The van der Waals surface area contributed by atoms with Crippen LogP contribution in [0.4, 0.5) is 0 Å². The van der Waals surface area contributed by atoms with E-state index >= 15 is 0 Å². The van der Waals surface area contributed by atoms with Crippen LogP contribution < -0.4 is 9.47 Å². The summed E-state index contributed by atoms with van der Waals surface area (Å²) in [7, 11) is 0. The second-order valence-electron chi connectivity index (χ2n) is 4.71. The van der Waals surface area contributed by atoms with E-state index in [-0.39, 0.29) is 6.04 Å². The second kappa shape index (κ2) is 5.88. The maximum atomic E-state index is 9.48. The average molecular weight is 295 g/mol. The molecular weight excluding hydrogens is 280 g/mol. The van der Waals surface area contributed by atoms with Gasteiger partial charge in [0.1, 0.15) is 19.3 Å². The highest BCUT2D eigenvalue weighted by molar-refractivity contribution is 6.32. The lowest BCUT2D eigenvalue weighted by Gasteiger charge is -2.31. The quantitative estimate of drug-likeness (QED) is 0.835. The van der Waals surface area contributed by atoms with Crippen molar-refractivity contribution in [3.63, 3.8) is 0 Å². The lowest BCUT2D eigenvalue weighted by atomic mass is 10.0. The van der Waals surface area contributed by atoms with Crippen molar-refractivity contribution in [3.8, 4) is 17.6 Å². The molecule has 0 radical (unpaired) electrons. The van der Waals surface area contributed by atoms with Crippen LogP contribution in [0.1, 0.15) is 11.6 Å². The van der Waals surface area contributed by atoms with E-state index in [2.05, 4.69) is 11.0 Å². The first kappa shape index (κ1) is 13.5. The molecule has 1 aromatic rings. The van der Waals surface area contributed by atoms with Gasteiger partial charge >= 0.3 is 0 Å². The van der Waals surface area contributed by atoms with Gasteiger partial charge in [0.25, 0.3) is 0 Å². The van der Waals surface area contributed by atoms with Crippen LogP contribution in [0, 0.1) is 11.3 Å². The number of ether oxygens (including phenoxy) is 3. The van der Waals surface area contributed by atoms with Gasteiger partial charge in [-0.1, -0.05) is 11.6 Å². The molecule has 2 aliphatic heterocycles. The Morgan fingerprint density at radius 1 is 1.15 bits per heavy atom. The molecule has 1 saturated heterocycles. The fourth-order valence-corrected chi connectivity index (χ4v) is 2.77. The van der Waals surface area contributed by atoms with Gasteiger partial charge in [-0.3, -0.25) is 4.90 Å². The summed E-state index contributed by atoms with van der Waals surface area (Å²) in [5.74, 6) is 1.19. The molecule has 5 nitrogen and oxygen atoms in total. The molecule has 0 saturated carbocycles. The molecule has 6 heteroatoms. The molecule has 0 aromatic heterocycles. The topological polar surface area (TPSA) is 54.7 Å². The summed E-state index contributed by atoms with van der Waals surface area (Å²) in [6, 6.07) is 5.64. The molecule has 0 bridgehead atoms. The van der Waals surface area contributed by atoms with Crippen LogP contribution >= 0.6 is 11.6 Å². The zero-order valence-corrected chi connectivity index (χ0v) is 11.7. The molecule has 1 aromatic carbocycles. The lowest BCUT2D eigenvalue weighted by molar-refractivity contribution is 0.0265. The molecule has 0 aliphatic carbocycles. The maximum Gasteiger partial charge on any atom is 0.179 e. The summed E-state index contributed by atoms with van der Waals surface area (Å²) in [5.41, 5.74) is 0.837. The normalized spacial score (nSPS) is 20.2. The fourth-order valence-electron chi connectivity index (χ4n) is 2.49. The molecule has 1 unspecified atom stereocenters. The number of morpholine rings is 1. The first-order valence-corrected chi connectivity index (χ1v) is 6.98. The highest BCUT2D eigenvalue weighted by Gasteiger charge is 2.25. The highest BCUT2D eigenvalue weighted by Crippen LogP contribution is 2.40. The number of hydrogen-bond donors (Lipinski definition) is 0. The van der Waals surface area contributed by atoms with E-state index in [0.717, 1.165) is 18.7 Å². The van der Waals surface area contributed by atoms with Gasteiger partial charge < -0.3 is 14.2 Å². The first-order valence-electron chi connectivity index (χ1n) is 6.60. The Kier molecular flexibility index (Phi) is 3.97. The molecule has 20 heavy (non-hydrogen) atoms. The van der Waals surface area contributed by atoms with E-state index in [0.29, 0.717) is 42.9 Å². The minimum Gasteiger partial charge on any atom is -0.486 e. The molecular formula is C14H15ClN2O3. The number of fused-ring (bicyclic) bond motifs is 1. The number of nitrogens with zero attached hydrogens (tertiary/aromatic N) is 2. The van der Waals surface area contributed by atoms with Gasteiger partial charge in [0.2, 0.25) is 0 Å². The van der Waals surface area contributed by atoms with Crippen LogP contribution in [-0.2, 0) is 4.74 Å². The van der Waals surface area contributed by atoms with E-state index in [1.807, 2.05) is 6.07 Å². The van der Waals surface area contributed by atoms with Crippen LogP contribution in [0.5, 0.6) is 11.5 Å². The van der Waals surface area contributed by atoms with Crippen molar-refractivity contribution < 1.29 is 14.2 Å². The van der Waals surface area contributed by atoms with E-state index in [1.165, 1.54) is 0 Å². The molecule has 0 spiro atoms. The fraction of sp³-hybridized carbons (Fsp3) is 0.500. The van der Waals surface area contributed by atoms with Crippen LogP contribution in [-0.4, -0.2) is 44.4 Å². The van der Waals surface area contributed by atoms with E-state index in [1.54, 1.807) is 6.07 Å². The number of halogens is 1. The number of hydrogen-bond acceptors (Lipinski definition) is 5. The van der Waals surface area contributed by atoms with Gasteiger partial charge in [-0.05, 0) is 17.7 Å². The summed E-state index contributed by atoms with van der Waals surface area (Å²) in [4.78, 5) is 2.09. The summed E-state index contributed by atoms with van der Waals surface area (Å²) in [6.45, 7) is 3.78. The Balaban J connectivity index is 1.91. The van der Waals surface area contributed by atoms with E-state index in [9.17, 15) is 5.26 Å². The van der Waals surface area contributed by atoms with Crippen molar-refractivity contribution in [2.45, 2.75) is 6.04 Å². The average Bonchev–Trinajstić information content (AvgIpc) is 2.49. The van der Waals surface area contributed by atoms with Gasteiger partial charge in [0, 0.05) is 13.1 Å². The standard InChI is InChI=1S/C14H15ClN2O3/c15-11-7-10(8-13-14(11)20-6-5-19-13)12(9-16)17-1-3-18-4-2-17/h7-8,12H,1-6H2. The zero-order valence-electron chi connectivity index (χ0n) is 11.0. The summed E-state index contributed by atoms with van der Waals surface area (Å²) in [6.07, 6.45) is 0. The molecule has 0 N–H and O–H groups in total. The van der Waals surface area contributed by atoms with Crippen LogP contribution in [0.15, 0.2) is 12.1 Å². The SMILES string of the molecule is N#CC(c1cc(Cl)c2c(c1)OCCO2)N1CCOCC1. The Morgan fingerprint density at radius 3 is 2.65 bits per heavy atom. The van der Waals surface area contributed by atoms with E-state index in [4.69, 9.17) is 25.8 Å². The Hall–Kier alpha value is -1.48. The second-order valence-corrected chi connectivity index (χ2v) is 5.11. The Bertz CT molecular complexity index is 538. The third-order valence-electron chi connectivity index (χ3n) is 3.47. The monoisotopic (exact) mass is 294 g/mol. The molecule has 2 aliphatic rings. The molecule has 3 rings (SSSR count). The molecule has 106 valence electrons. The smallest absolute Gasteiger partial charge is 0.179 e. The van der Waals surface area contributed by atoms with Gasteiger partial charge in [0.15, 0.2) is 11.5 Å². The van der Waals surface area contributed by atoms with Gasteiger partial charge in [0.05, 0.1) is 24.3 Å². The van der Waals surface area contributed by atoms with Crippen molar-refractivity contribution in [3.05, 3.63) is 22.7 Å². The Morgan fingerprint density at radius 2 is 1.90 bits per heavy atom. The maximum absolute atomic E-state index is 9.48. The van der Waals surface area contributed by atoms with Gasteiger partial charge in [-0.2, -0.15) is 5.26 Å². The predicted octanol–water partition coefficient (Wildman–Crippen LogP) is 2.01. The summed E-state index contributed by atoms with van der Waals surface area (Å²) in [5, 5.41) is 9.97. The lowest BCUT2D eigenvalue weighted by Crippen LogP contribution is -2.38. The number of benzene rings is 1. The van der Waals surface area contributed by atoms with Crippen molar-refractivity contribution in [1.29, 1.82) is 5.26 Å². The van der Waals surface area contributed by atoms with Crippen LogP contribution in [0.2, 0.25) is 5.02 Å². The first-order chi connectivity index (χ1) is 9.79. The largest absolute Gasteiger partial charge is 0.486 e. The number of nitriles is 1. The zero-order chi connectivity index (χ0) is 13.9.